The highest BCUT2D eigenvalue weighted by Gasteiger charge is 2.27. The molecule has 1 aliphatic rings. The largest absolute Gasteiger partial charge is 0.465 e. The van der Waals surface area contributed by atoms with Crippen molar-refractivity contribution < 1.29 is 9.53 Å². The van der Waals surface area contributed by atoms with Crippen molar-refractivity contribution in [2.75, 3.05) is 39.2 Å². The Bertz CT molecular complexity index is 419. The van der Waals surface area contributed by atoms with Gasteiger partial charge in [-0.1, -0.05) is 11.3 Å². The van der Waals surface area contributed by atoms with Crippen LogP contribution in [0.4, 0.5) is 5.13 Å². The minimum atomic E-state index is -0.304. The molecule has 0 N–H and O–H groups in total. The van der Waals surface area contributed by atoms with Crippen molar-refractivity contribution in [2.45, 2.75) is 18.9 Å². The summed E-state index contributed by atoms with van der Waals surface area (Å²) in [6.07, 6.45) is 3.98. The van der Waals surface area contributed by atoms with Crippen molar-refractivity contribution >= 4 is 22.4 Å². The van der Waals surface area contributed by atoms with Crippen molar-refractivity contribution in [1.29, 1.82) is 0 Å². The van der Waals surface area contributed by atoms with Crippen LogP contribution in [-0.2, 0) is 4.74 Å². The third-order valence-corrected chi connectivity index (χ3v) is 4.09. The van der Waals surface area contributed by atoms with Crippen LogP contribution in [0, 0.1) is 0 Å². The Hall–Kier alpha value is -1.14. The summed E-state index contributed by atoms with van der Waals surface area (Å²) in [4.78, 5) is 20.8. The van der Waals surface area contributed by atoms with Crippen molar-refractivity contribution in [2.24, 2.45) is 0 Å². The predicted octanol–water partition coefficient (Wildman–Crippen LogP) is 1.46. The molecule has 2 rings (SSSR count). The molecule has 0 amide bonds. The van der Waals surface area contributed by atoms with E-state index < -0.39 is 0 Å². The molecular formula is C12H19N3O2S. The van der Waals surface area contributed by atoms with E-state index in [1.165, 1.54) is 31.3 Å². The molecule has 0 aliphatic carbocycles. The van der Waals surface area contributed by atoms with Crippen LogP contribution in [0.1, 0.15) is 22.5 Å². The molecule has 1 unspecified atom stereocenters. The third kappa shape index (κ3) is 2.81. The highest BCUT2D eigenvalue weighted by atomic mass is 32.1. The molecule has 1 aromatic heterocycles. The first-order chi connectivity index (χ1) is 8.61. The van der Waals surface area contributed by atoms with E-state index in [9.17, 15) is 4.79 Å². The van der Waals surface area contributed by atoms with Crippen molar-refractivity contribution in [1.82, 2.24) is 9.88 Å². The Morgan fingerprint density at radius 1 is 1.67 bits per heavy atom. The van der Waals surface area contributed by atoms with Gasteiger partial charge in [0.2, 0.25) is 0 Å². The van der Waals surface area contributed by atoms with E-state index in [0.717, 1.165) is 18.2 Å². The van der Waals surface area contributed by atoms with Crippen LogP contribution in [0.15, 0.2) is 6.20 Å². The zero-order chi connectivity index (χ0) is 13.1. The summed E-state index contributed by atoms with van der Waals surface area (Å²) in [5.41, 5.74) is 0. The van der Waals surface area contributed by atoms with Crippen LogP contribution in [0.5, 0.6) is 0 Å². The molecule has 2 heterocycles. The van der Waals surface area contributed by atoms with Gasteiger partial charge in [-0.05, 0) is 26.9 Å². The average molecular weight is 269 g/mol. The first-order valence-corrected chi connectivity index (χ1v) is 6.89. The van der Waals surface area contributed by atoms with E-state index >= 15 is 0 Å². The van der Waals surface area contributed by atoms with Crippen molar-refractivity contribution in [3.8, 4) is 0 Å². The molecule has 1 atom stereocenters. The highest BCUT2D eigenvalue weighted by Crippen LogP contribution is 2.30. The second-order valence-electron chi connectivity index (χ2n) is 4.75. The second-order valence-corrected chi connectivity index (χ2v) is 5.76. The number of likely N-dealkylation sites (N-methyl/N-ethyl adjacent to an activating group) is 1. The summed E-state index contributed by atoms with van der Waals surface area (Å²) < 4.78 is 4.71. The molecule has 0 saturated carbocycles. The number of thiazole rings is 1. The normalized spacial score (nSPS) is 19.6. The Labute approximate surface area is 111 Å². The summed E-state index contributed by atoms with van der Waals surface area (Å²) in [7, 11) is 5.56. The van der Waals surface area contributed by atoms with E-state index in [1.807, 2.05) is 0 Å². The maximum Gasteiger partial charge on any atom is 0.349 e. The number of ether oxygens (including phenoxy) is 1. The van der Waals surface area contributed by atoms with Gasteiger partial charge in [-0.2, -0.15) is 0 Å². The molecule has 6 heteroatoms. The number of aromatic nitrogens is 1. The maximum atomic E-state index is 11.4. The number of hydrogen-bond acceptors (Lipinski definition) is 6. The molecule has 0 radical (unpaired) electrons. The van der Waals surface area contributed by atoms with Crippen LogP contribution in [0.3, 0.4) is 0 Å². The number of carbonyl (C=O) groups is 1. The zero-order valence-electron chi connectivity index (χ0n) is 11.0. The fraction of sp³-hybridized carbons (Fsp3) is 0.667. The van der Waals surface area contributed by atoms with Gasteiger partial charge in [-0.3, -0.25) is 0 Å². The molecule has 0 bridgehead atoms. The standard InChI is InChI=1S/C12H19N3O2S/c1-14(2)8-9-5-4-6-15(9)12-13-7-10(18-12)11(16)17-3/h7,9H,4-6,8H2,1-3H3. The van der Waals surface area contributed by atoms with Crippen LogP contribution in [0.2, 0.25) is 0 Å². The van der Waals surface area contributed by atoms with Gasteiger partial charge >= 0.3 is 5.97 Å². The fourth-order valence-corrected chi connectivity index (χ4v) is 3.22. The van der Waals surface area contributed by atoms with E-state index in [-0.39, 0.29) is 5.97 Å². The van der Waals surface area contributed by atoms with Crippen LogP contribution in [0.25, 0.3) is 0 Å². The van der Waals surface area contributed by atoms with Crippen LogP contribution >= 0.6 is 11.3 Å². The minimum Gasteiger partial charge on any atom is -0.465 e. The monoisotopic (exact) mass is 269 g/mol. The number of esters is 1. The van der Waals surface area contributed by atoms with E-state index in [4.69, 9.17) is 4.74 Å². The zero-order valence-corrected chi connectivity index (χ0v) is 11.9. The van der Waals surface area contributed by atoms with Crippen molar-refractivity contribution in [3.63, 3.8) is 0 Å². The SMILES string of the molecule is COC(=O)c1cnc(N2CCCC2CN(C)C)s1. The van der Waals surface area contributed by atoms with Gasteiger partial charge in [-0.25, -0.2) is 9.78 Å². The lowest BCUT2D eigenvalue weighted by Crippen LogP contribution is -2.37. The first-order valence-electron chi connectivity index (χ1n) is 6.07. The van der Waals surface area contributed by atoms with Gasteiger partial charge < -0.3 is 14.5 Å². The topological polar surface area (TPSA) is 45.7 Å². The van der Waals surface area contributed by atoms with Gasteiger partial charge in [0, 0.05) is 19.1 Å². The van der Waals surface area contributed by atoms with E-state index in [0.29, 0.717) is 10.9 Å². The van der Waals surface area contributed by atoms with Crippen LogP contribution < -0.4 is 4.90 Å². The molecular weight excluding hydrogens is 250 g/mol. The maximum absolute atomic E-state index is 11.4. The number of anilines is 1. The molecule has 0 spiro atoms. The number of nitrogens with zero attached hydrogens (tertiary/aromatic N) is 3. The molecule has 5 nitrogen and oxygen atoms in total. The van der Waals surface area contributed by atoms with Gasteiger partial charge in [-0.15, -0.1) is 0 Å². The predicted molar refractivity (Wildman–Crippen MR) is 72.4 cm³/mol. The minimum absolute atomic E-state index is 0.304. The lowest BCUT2D eigenvalue weighted by Gasteiger charge is -2.26. The lowest BCUT2D eigenvalue weighted by atomic mass is 10.2. The first kappa shape index (κ1) is 13.3. The Morgan fingerprint density at radius 2 is 2.44 bits per heavy atom. The number of rotatable bonds is 4. The quantitative estimate of drug-likeness (QED) is 0.774. The molecule has 100 valence electrons. The molecule has 1 saturated heterocycles. The van der Waals surface area contributed by atoms with Gasteiger partial charge in [0.25, 0.3) is 0 Å². The van der Waals surface area contributed by atoms with Gasteiger partial charge in [0.05, 0.1) is 13.3 Å². The van der Waals surface area contributed by atoms with E-state index in [2.05, 4.69) is 28.9 Å². The summed E-state index contributed by atoms with van der Waals surface area (Å²) in [5, 5.41) is 0.930. The summed E-state index contributed by atoms with van der Waals surface area (Å²) in [6.45, 7) is 2.04. The van der Waals surface area contributed by atoms with E-state index in [1.54, 1.807) is 6.20 Å². The third-order valence-electron chi connectivity index (χ3n) is 3.08. The summed E-state index contributed by atoms with van der Waals surface area (Å²) in [6, 6.07) is 0.497. The molecule has 18 heavy (non-hydrogen) atoms. The number of hydrogen-bond donors (Lipinski definition) is 0. The van der Waals surface area contributed by atoms with Crippen molar-refractivity contribution in [3.05, 3.63) is 11.1 Å². The molecule has 1 aromatic rings. The number of methoxy groups -OCH3 is 1. The second kappa shape index (κ2) is 5.67. The fourth-order valence-electron chi connectivity index (χ4n) is 2.29. The molecule has 1 fully saturated rings. The average Bonchev–Trinajstić information content (AvgIpc) is 2.95. The Balaban J connectivity index is 2.10. The van der Waals surface area contributed by atoms with Gasteiger partial charge in [0.1, 0.15) is 4.88 Å². The Morgan fingerprint density at radius 3 is 3.11 bits per heavy atom. The highest BCUT2D eigenvalue weighted by molar-refractivity contribution is 7.17. The van der Waals surface area contributed by atoms with Crippen LogP contribution in [-0.4, -0.2) is 56.2 Å². The molecule has 0 aromatic carbocycles. The van der Waals surface area contributed by atoms with Gasteiger partial charge in [0.15, 0.2) is 5.13 Å². The number of carbonyl (C=O) groups excluding carboxylic acids is 1. The lowest BCUT2D eigenvalue weighted by molar-refractivity contribution is 0.0606. The summed E-state index contributed by atoms with van der Waals surface area (Å²) >= 11 is 1.42. The Kier molecular flexibility index (Phi) is 4.19. The smallest absolute Gasteiger partial charge is 0.349 e. The summed E-state index contributed by atoms with van der Waals surface area (Å²) in [5.74, 6) is -0.304. The molecule has 1 aliphatic heterocycles.